The fourth-order valence-corrected chi connectivity index (χ4v) is 3.19. The maximum atomic E-state index is 12.8. The first-order valence-electron chi connectivity index (χ1n) is 10.5. The molecule has 32 heavy (non-hydrogen) atoms. The van der Waals surface area contributed by atoms with Crippen LogP contribution in [0, 0.1) is 11.8 Å². The second-order valence-electron chi connectivity index (χ2n) is 8.37. The Labute approximate surface area is 193 Å². The topological polar surface area (TPSA) is 194 Å². The fourth-order valence-electron chi connectivity index (χ4n) is 2.72. The van der Waals surface area contributed by atoms with Gasteiger partial charge in [0, 0.05) is 0 Å². The van der Waals surface area contributed by atoms with Crippen molar-refractivity contribution in [1.82, 2.24) is 16.0 Å². The summed E-state index contributed by atoms with van der Waals surface area (Å²) in [5.41, 5.74) is 11.0. The fraction of sp³-hybridized carbons (Fsp3) is 0.750. The van der Waals surface area contributed by atoms with Crippen molar-refractivity contribution in [2.75, 3.05) is 12.0 Å². The highest BCUT2D eigenvalue weighted by molar-refractivity contribution is 7.98. The number of carboxylic acids is 1. The Morgan fingerprint density at radius 2 is 1.38 bits per heavy atom. The number of aliphatic carboxylic acids is 1. The Morgan fingerprint density at radius 1 is 0.875 bits per heavy atom. The van der Waals surface area contributed by atoms with Crippen molar-refractivity contribution >= 4 is 41.4 Å². The average Bonchev–Trinajstić information content (AvgIpc) is 2.68. The summed E-state index contributed by atoms with van der Waals surface area (Å²) in [5, 5.41) is 16.7. The van der Waals surface area contributed by atoms with Gasteiger partial charge in [-0.1, -0.05) is 27.7 Å². The molecule has 11 nitrogen and oxygen atoms in total. The van der Waals surface area contributed by atoms with Gasteiger partial charge in [0.25, 0.3) is 0 Å². The van der Waals surface area contributed by atoms with Gasteiger partial charge >= 0.3 is 5.97 Å². The zero-order valence-corrected chi connectivity index (χ0v) is 20.2. The van der Waals surface area contributed by atoms with Crippen molar-refractivity contribution in [3.8, 4) is 0 Å². The summed E-state index contributed by atoms with van der Waals surface area (Å²) in [6.07, 6.45) is 1.77. The molecule has 0 fully saturated rings. The highest BCUT2D eigenvalue weighted by Gasteiger charge is 2.31. The predicted octanol–water partition coefficient (Wildman–Crippen LogP) is -0.817. The van der Waals surface area contributed by atoms with E-state index in [0.717, 1.165) is 0 Å². The van der Waals surface area contributed by atoms with Crippen molar-refractivity contribution in [1.29, 1.82) is 0 Å². The van der Waals surface area contributed by atoms with Crippen LogP contribution in [0.25, 0.3) is 0 Å². The third kappa shape index (κ3) is 11.3. The van der Waals surface area contributed by atoms with Crippen LogP contribution >= 0.6 is 11.8 Å². The van der Waals surface area contributed by atoms with Gasteiger partial charge in [-0.25, -0.2) is 4.79 Å². The van der Waals surface area contributed by atoms with E-state index in [1.807, 2.05) is 20.1 Å². The highest BCUT2D eigenvalue weighted by Crippen LogP contribution is 2.08. The number of rotatable bonds is 15. The number of primary amides is 1. The summed E-state index contributed by atoms with van der Waals surface area (Å²) in [4.78, 5) is 60.7. The SMILES string of the molecule is CSCCC(NC(=O)C(CC(N)=O)NC(=O)C(N)C(C)C)C(=O)NC(CC(C)C)C(=O)O. The van der Waals surface area contributed by atoms with Gasteiger partial charge in [-0.2, -0.15) is 11.8 Å². The monoisotopic (exact) mass is 475 g/mol. The summed E-state index contributed by atoms with van der Waals surface area (Å²) in [7, 11) is 0. The van der Waals surface area contributed by atoms with E-state index in [4.69, 9.17) is 11.5 Å². The first-order chi connectivity index (χ1) is 14.8. The molecule has 0 aliphatic rings. The van der Waals surface area contributed by atoms with Crippen LogP contribution in [-0.4, -0.2) is 70.9 Å². The molecule has 0 aromatic heterocycles. The van der Waals surface area contributed by atoms with Gasteiger partial charge in [-0.15, -0.1) is 0 Å². The molecule has 0 saturated heterocycles. The molecule has 8 N–H and O–H groups in total. The van der Waals surface area contributed by atoms with E-state index in [9.17, 15) is 29.1 Å². The predicted molar refractivity (Wildman–Crippen MR) is 123 cm³/mol. The van der Waals surface area contributed by atoms with Crippen LogP contribution in [-0.2, 0) is 24.0 Å². The number of nitrogens with two attached hydrogens (primary N) is 2. The zero-order chi connectivity index (χ0) is 25.0. The molecule has 0 spiro atoms. The minimum Gasteiger partial charge on any atom is -0.480 e. The molecule has 184 valence electrons. The largest absolute Gasteiger partial charge is 0.480 e. The van der Waals surface area contributed by atoms with Crippen molar-refractivity contribution in [3.63, 3.8) is 0 Å². The Bertz CT molecular complexity index is 673. The molecular formula is C20H37N5O6S. The molecule has 0 bridgehead atoms. The number of carbonyl (C=O) groups excluding carboxylic acids is 4. The quantitative estimate of drug-likeness (QED) is 0.177. The third-order valence-electron chi connectivity index (χ3n) is 4.62. The first-order valence-corrected chi connectivity index (χ1v) is 11.9. The lowest BCUT2D eigenvalue weighted by molar-refractivity contribution is -0.143. The molecule has 0 aliphatic heterocycles. The van der Waals surface area contributed by atoms with Gasteiger partial charge in [0.2, 0.25) is 23.6 Å². The second-order valence-corrected chi connectivity index (χ2v) is 9.36. The van der Waals surface area contributed by atoms with Gasteiger partial charge in [-0.05, 0) is 36.7 Å². The zero-order valence-electron chi connectivity index (χ0n) is 19.3. The van der Waals surface area contributed by atoms with Gasteiger partial charge in [0.05, 0.1) is 12.5 Å². The van der Waals surface area contributed by atoms with Gasteiger partial charge in [0.1, 0.15) is 18.1 Å². The van der Waals surface area contributed by atoms with Crippen molar-refractivity contribution in [3.05, 3.63) is 0 Å². The van der Waals surface area contributed by atoms with Crippen molar-refractivity contribution in [2.45, 2.75) is 71.1 Å². The number of amides is 4. The summed E-state index contributed by atoms with van der Waals surface area (Å²) < 4.78 is 0. The molecule has 4 atom stereocenters. The van der Waals surface area contributed by atoms with Crippen LogP contribution in [0.4, 0.5) is 0 Å². The molecule has 4 unspecified atom stereocenters. The lowest BCUT2D eigenvalue weighted by atomic mass is 10.0. The van der Waals surface area contributed by atoms with E-state index in [1.54, 1.807) is 13.8 Å². The van der Waals surface area contributed by atoms with Crippen LogP contribution in [0.3, 0.4) is 0 Å². The lowest BCUT2D eigenvalue weighted by Crippen LogP contribution is -2.58. The minimum absolute atomic E-state index is 0.0240. The molecule has 12 heteroatoms. The standard InChI is InChI=1S/C20H37N5O6S/c1-10(2)8-14(20(30)31)25-17(27)12(6-7-32-5)23-18(28)13(9-15(21)26)24-19(29)16(22)11(3)4/h10-14,16H,6-9,22H2,1-5H3,(H2,21,26)(H,23,28)(H,24,29)(H,25,27)(H,30,31). The second kappa shape index (κ2) is 14.7. The maximum absolute atomic E-state index is 12.8. The molecule has 0 heterocycles. The molecular weight excluding hydrogens is 438 g/mol. The molecule has 0 aliphatic carbocycles. The van der Waals surface area contributed by atoms with Crippen LogP contribution in [0.2, 0.25) is 0 Å². The smallest absolute Gasteiger partial charge is 0.326 e. The number of nitrogens with one attached hydrogen (secondary N) is 3. The molecule has 0 saturated carbocycles. The third-order valence-corrected chi connectivity index (χ3v) is 5.27. The van der Waals surface area contributed by atoms with Gasteiger partial charge in [-0.3, -0.25) is 19.2 Å². The Morgan fingerprint density at radius 3 is 1.81 bits per heavy atom. The minimum atomic E-state index is -1.32. The van der Waals surface area contributed by atoms with E-state index < -0.39 is 60.2 Å². The highest BCUT2D eigenvalue weighted by atomic mass is 32.2. The number of hydrogen-bond acceptors (Lipinski definition) is 7. The van der Waals surface area contributed by atoms with Gasteiger partial charge < -0.3 is 32.5 Å². The van der Waals surface area contributed by atoms with Crippen LogP contribution < -0.4 is 27.4 Å². The average molecular weight is 476 g/mol. The molecule has 0 aromatic rings. The van der Waals surface area contributed by atoms with Crippen molar-refractivity contribution in [2.24, 2.45) is 23.3 Å². The number of hydrogen-bond donors (Lipinski definition) is 6. The van der Waals surface area contributed by atoms with Crippen LogP contribution in [0.5, 0.6) is 0 Å². The first kappa shape index (κ1) is 29.7. The van der Waals surface area contributed by atoms with Crippen LogP contribution in [0.15, 0.2) is 0 Å². The van der Waals surface area contributed by atoms with E-state index in [1.165, 1.54) is 11.8 Å². The normalized spacial score (nSPS) is 14.9. The number of thioether (sulfide) groups is 1. The Hall–Kier alpha value is -2.34. The summed E-state index contributed by atoms with van der Waals surface area (Å²) in [6, 6.07) is -4.39. The molecule has 0 rings (SSSR count). The van der Waals surface area contributed by atoms with E-state index in [-0.39, 0.29) is 24.7 Å². The molecule has 0 radical (unpaired) electrons. The lowest BCUT2D eigenvalue weighted by Gasteiger charge is -2.25. The Kier molecular flexibility index (Phi) is 13.6. The van der Waals surface area contributed by atoms with E-state index >= 15 is 0 Å². The van der Waals surface area contributed by atoms with Crippen LogP contribution in [0.1, 0.15) is 47.0 Å². The summed E-state index contributed by atoms with van der Waals surface area (Å²) >= 11 is 1.44. The number of carbonyl (C=O) groups is 5. The molecule has 0 aromatic carbocycles. The number of carboxylic acid groups (broad SMARTS) is 1. The van der Waals surface area contributed by atoms with Gasteiger partial charge in [0.15, 0.2) is 0 Å². The van der Waals surface area contributed by atoms with E-state index in [2.05, 4.69) is 16.0 Å². The molecule has 4 amide bonds. The summed E-state index contributed by atoms with van der Waals surface area (Å²) in [5.74, 6) is -3.76. The maximum Gasteiger partial charge on any atom is 0.326 e. The Balaban J connectivity index is 5.49. The summed E-state index contributed by atoms with van der Waals surface area (Å²) in [6.45, 7) is 7.11. The van der Waals surface area contributed by atoms with Crippen molar-refractivity contribution < 1.29 is 29.1 Å². The van der Waals surface area contributed by atoms with E-state index in [0.29, 0.717) is 5.75 Å².